The molecule has 122 valence electrons. The molecule has 2 atom stereocenters. The van der Waals surface area contributed by atoms with Gasteiger partial charge < -0.3 is 19.9 Å². The number of benzene rings is 1. The van der Waals surface area contributed by atoms with Crippen LogP contribution in [-0.4, -0.2) is 42.8 Å². The Balaban J connectivity index is 2.89. The highest BCUT2D eigenvalue weighted by atomic mass is 16.5. The van der Waals surface area contributed by atoms with Crippen LogP contribution in [-0.2, 0) is 9.53 Å². The first-order valence-electron chi connectivity index (χ1n) is 7.05. The number of carboxylic acid groups (broad SMARTS) is 1. The van der Waals surface area contributed by atoms with E-state index in [-0.39, 0.29) is 18.1 Å². The van der Waals surface area contributed by atoms with Gasteiger partial charge in [-0.15, -0.1) is 0 Å². The van der Waals surface area contributed by atoms with Gasteiger partial charge in [-0.05, 0) is 51.0 Å². The fourth-order valence-electron chi connectivity index (χ4n) is 2.05. The average molecular weight is 309 g/mol. The zero-order valence-corrected chi connectivity index (χ0v) is 13.6. The van der Waals surface area contributed by atoms with E-state index in [9.17, 15) is 9.59 Å². The predicted molar refractivity (Wildman–Crippen MR) is 82.4 cm³/mol. The normalized spacial score (nSPS) is 13.3. The molecule has 1 amide bonds. The summed E-state index contributed by atoms with van der Waals surface area (Å²) in [7, 11) is 1.59. The van der Waals surface area contributed by atoms with E-state index < -0.39 is 12.6 Å². The lowest BCUT2D eigenvalue weighted by molar-refractivity contribution is -0.139. The van der Waals surface area contributed by atoms with Gasteiger partial charge in [-0.25, -0.2) is 4.79 Å². The van der Waals surface area contributed by atoms with Crippen molar-refractivity contribution in [2.75, 3.05) is 13.7 Å². The monoisotopic (exact) mass is 309 g/mol. The van der Waals surface area contributed by atoms with Crippen molar-refractivity contribution in [1.29, 1.82) is 0 Å². The topological polar surface area (TPSA) is 84.9 Å². The molecule has 0 radical (unpaired) electrons. The largest absolute Gasteiger partial charge is 0.481 e. The Labute approximate surface area is 130 Å². The zero-order valence-electron chi connectivity index (χ0n) is 13.6. The predicted octanol–water partition coefficient (Wildman–Crippen LogP) is 1.92. The van der Waals surface area contributed by atoms with Crippen molar-refractivity contribution in [3.8, 4) is 5.75 Å². The molecule has 0 bridgehead atoms. The number of rotatable bonds is 7. The first-order valence-corrected chi connectivity index (χ1v) is 7.05. The molecule has 22 heavy (non-hydrogen) atoms. The molecule has 0 aromatic heterocycles. The summed E-state index contributed by atoms with van der Waals surface area (Å²) in [5.41, 5.74) is 1.95. The molecule has 1 rings (SSSR count). The van der Waals surface area contributed by atoms with Crippen molar-refractivity contribution < 1.29 is 24.2 Å². The number of hydrogen-bond donors (Lipinski definition) is 2. The summed E-state index contributed by atoms with van der Waals surface area (Å²) in [5.74, 6) is -0.743. The quantitative estimate of drug-likeness (QED) is 0.804. The molecule has 0 heterocycles. The van der Waals surface area contributed by atoms with Gasteiger partial charge in [0.05, 0.1) is 12.1 Å². The van der Waals surface area contributed by atoms with Crippen LogP contribution in [0, 0.1) is 13.8 Å². The Hall–Kier alpha value is -2.08. The Morgan fingerprint density at radius 2 is 1.77 bits per heavy atom. The van der Waals surface area contributed by atoms with E-state index in [0.717, 1.165) is 11.1 Å². The van der Waals surface area contributed by atoms with E-state index >= 15 is 0 Å². The maximum Gasteiger partial charge on any atom is 0.341 e. The fraction of sp³-hybridized carbons (Fsp3) is 0.500. The molecule has 0 aliphatic rings. The summed E-state index contributed by atoms with van der Waals surface area (Å²) in [4.78, 5) is 22.8. The van der Waals surface area contributed by atoms with Gasteiger partial charge in [0.15, 0.2) is 6.61 Å². The highest BCUT2D eigenvalue weighted by molar-refractivity contribution is 5.95. The van der Waals surface area contributed by atoms with Gasteiger partial charge in [-0.3, -0.25) is 4.79 Å². The minimum absolute atomic E-state index is 0.0932. The summed E-state index contributed by atoms with van der Waals surface area (Å²) in [5, 5.41) is 11.5. The van der Waals surface area contributed by atoms with Gasteiger partial charge in [0.1, 0.15) is 5.75 Å². The third kappa shape index (κ3) is 4.73. The Morgan fingerprint density at radius 1 is 1.23 bits per heavy atom. The van der Waals surface area contributed by atoms with E-state index in [2.05, 4.69) is 5.32 Å². The van der Waals surface area contributed by atoms with E-state index in [0.29, 0.717) is 11.3 Å². The number of amides is 1. The van der Waals surface area contributed by atoms with Crippen molar-refractivity contribution in [2.24, 2.45) is 0 Å². The van der Waals surface area contributed by atoms with Crippen molar-refractivity contribution in [3.05, 3.63) is 28.8 Å². The number of hydrogen-bond acceptors (Lipinski definition) is 4. The van der Waals surface area contributed by atoms with Crippen LogP contribution in [0.1, 0.15) is 35.3 Å². The second kappa shape index (κ2) is 7.79. The van der Waals surface area contributed by atoms with Crippen LogP contribution in [0.15, 0.2) is 12.1 Å². The zero-order chi connectivity index (χ0) is 16.9. The summed E-state index contributed by atoms with van der Waals surface area (Å²) in [6, 6.07) is 3.24. The van der Waals surface area contributed by atoms with E-state index in [1.54, 1.807) is 33.1 Å². The van der Waals surface area contributed by atoms with Gasteiger partial charge in [-0.2, -0.15) is 0 Å². The van der Waals surface area contributed by atoms with Crippen molar-refractivity contribution in [1.82, 2.24) is 5.32 Å². The van der Waals surface area contributed by atoms with Crippen LogP contribution in [0.5, 0.6) is 5.75 Å². The van der Waals surface area contributed by atoms with Crippen LogP contribution >= 0.6 is 0 Å². The van der Waals surface area contributed by atoms with Crippen LogP contribution in [0.4, 0.5) is 0 Å². The lowest BCUT2D eigenvalue weighted by atomic mass is 10.0. The standard InChI is InChI=1S/C16H23NO5/c1-9-6-13(16(20)17-11(3)12(4)21-5)7-10(2)15(9)22-8-14(18)19/h6-7,11-12H,8H2,1-5H3,(H,17,20)(H,18,19)/t11-,12?/m0/s1. The number of carboxylic acids is 1. The second-order valence-corrected chi connectivity index (χ2v) is 5.32. The van der Waals surface area contributed by atoms with Gasteiger partial charge in [0.25, 0.3) is 5.91 Å². The lowest BCUT2D eigenvalue weighted by Crippen LogP contribution is -2.40. The molecule has 0 saturated carbocycles. The second-order valence-electron chi connectivity index (χ2n) is 5.32. The third-order valence-corrected chi connectivity index (χ3v) is 3.50. The summed E-state index contributed by atoms with van der Waals surface area (Å²) < 4.78 is 10.4. The van der Waals surface area contributed by atoms with Crippen LogP contribution in [0.25, 0.3) is 0 Å². The molecule has 0 spiro atoms. The molecule has 1 aromatic rings. The minimum Gasteiger partial charge on any atom is -0.481 e. The first-order chi connectivity index (χ1) is 10.3. The summed E-state index contributed by atoms with van der Waals surface area (Å²) >= 11 is 0. The number of nitrogens with one attached hydrogen (secondary N) is 1. The number of carbonyl (C=O) groups excluding carboxylic acids is 1. The maximum atomic E-state index is 12.3. The smallest absolute Gasteiger partial charge is 0.341 e. The number of aliphatic carboxylic acids is 1. The molecular formula is C16H23NO5. The molecule has 2 N–H and O–H groups in total. The number of aryl methyl sites for hydroxylation is 2. The molecule has 6 heteroatoms. The first kappa shape index (κ1) is 18.0. The Kier molecular flexibility index (Phi) is 6.37. The fourth-order valence-corrected chi connectivity index (χ4v) is 2.05. The van der Waals surface area contributed by atoms with Gasteiger partial charge in [-0.1, -0.05) is 0 Å². The van der Waals surface area contributed by atoms with Gasteiger partial charge in [0, 0.05) is 12.7 Å². The van der Waals surface area contributed by atoms with Crippen LogP contribution in [0.3, 0.4) is 0 Å². The summed E-state index contributed by atoms with van der Waals surface area (Å²) in [6.07, 6.45) is -0.0932. The molecule has 1 aromatic carbocycles. The molecule has 0 fully saturated rings. The molecule has 0 aliphatic heterocycles. The Bertz CT molecular complexity index is 532. The number of methoxy groups -OCH3 is 1. The van der Waals surface area contributed by atoms with Crippen molar-refractivity contribution in [2.45, 2.75) is 39.8 Å². The molecule has 6 nitrogen and oxygen atoms in total. The Morgan fingerprint density at radius 3 is 2.23 bits per heavy atom. The highest BCUT2D eigenvalue weighted by Gasteiger charge is 2.17. The number of ether oxygens (including phenoxy) is 2. The van der Waals surface area contributed by atoms with E-state index in [4.69, 9.17) is 14.6 Å². The van der Waals surface area contributed by atoms with Crippen molar-refractivity contribution >= 4 is 11.9 Å². The van der Waals surface area contributed by atoms with Gasteiger partial charge >= 0.3 is 5.97 Å². The SMILES string of the molecule is COC(C)[C@H](C)NC(=O)c1cc(C)c(OCC(=O)O)c(C)c1. The lowest BCUT2D eigenvalue weighted by Gasteiger charge is -2.20. The highest BCUT2D eigenvalue weighted by Crippen LogP contribution is 2.25. The minimum atomic E-state index is -1.04. The molecule has 0 saturated heterocycles. The van der Waals surface area contributed by atoms with Crippen LogP contribution < -0.4 is 10.1 Å². The van der Waals surface area contributed by atoms with E-state index in [1.807, 2.05) is 13.8 Å². The van der Waals surface area contributed by atoms with Crippen molar-refractivity contribution in [3.63, 3.8) is 0 Å². The van der Waals surface area contributed by atoms with Crippen LogP contribution in [0.2, 0.25) is 0 Å². The molecule has 1 unspecified atom stereocenters. The summed E-state index contributed by atoms with van der Waals surface area (Å²) in [6.45, 7) is 6.90. The van der Waals surface area contributed by atoms with Gasteiger partial charge in [0.2, 0.25) is 0 Å². The average Bonchev–Trinajstić information content (AvgIpc) is 2.44. The third-order valence-electron chi connectivity index (χ3n) is 3.50. The number of carbonyl (C=O) groups is 2. The molecular weight excluding hydrogens is 286 g/mol. The van der Waals surface area contributed by atoms with E-state index in [1.165, 1.54) is 0 Å². The molecule has 0 aliphatic carbocycles. The maximum absolute atomic E-state index is 12.3.